The number of carbonyl (C=O) groups excluding carboxylic acids is 2. The van der Waals surface area contributed by atoms with Crippen molar-refractivity contribution >= 4 is 40.8 Å². The molecule has 2 amide bonds. The van der Waals surface area contributed by atoms with Crippen molar-refractivity contribution in [1.29, 1.82) is 0 Å². The molecule has 9 nitrogen and oxygen atoms in total. The zero-order valence-corrected chi connectivity index (χ0v) is 21.9. The van der Waals surface area contributed by atoms with Gasteiger partial charge in [-0.3, -0.25) is 14.4 Å². The Morgan fingerprint density at radius 3 is 2.62 bits per heavy atom. The van der Waals surface area contributed by atoms with Gasteiger partial charge in [0, 0.05) is 54.1 Å². The number of nitrogen functional groups attached to an aromatic ring is 1. The number of nitrogens with two attached hydrogens (primary N) is 2. The van der Waals surface area contributed by atoms with Gasteiger partial charge in [0.15, 0.2) is 0 Å². The molecule has 0 radical (unpaired) electrons. The molecule has 0 saturated carbocycles. The number of hydroxylamine groups is 2. The van der Waals surface area contributed by atoms with E-state index in [-0.39, 0.29) is 30.7 Å². The molecule has 2 aliphatic rings. The Morgan fingerprint density at radius 2 is 1.82 bits per heavy atom. The second kappa shape index (κ2) is 11.5. The van der Waals surface area contributed by atoms with Gasteiger partial charge in [0.2, 0.25) is 0 Å². The van der Waals surface area contributed by atoms with Crippen LogP contribution in [-0.4, -0.2) is 29.3 Å². The molecule has 2 aliphatic heterocycles. The van der Waals surface area contributed by atoms with E-state index in [9.17, 15) is 9.59 Å². The van der Waals surface area contributed by atoms with E-state index in [1.807, 2.05) is 37.3 Å². The van der Waals surface area contributed by atoms with Gasteiger partial charge in [-0.2, -0.15) is 0 Å². The molecule has 0 unspecified atom stereocenters. The Balaban J connectivity index is 1.33. The fourth-order valence-corrected chi connectivity index (χ4v) is 4.60. The summed E-state index contributed by atoms with van der Waals surface area (Å²) in [7, 11) is 0. The molecule has 9 heteroatoms. The van der Waals surface area contributed by atoms with Crippen LogP contribution in [0.2, 0.25) is 0 Å². The Hall–Kier alpha value is -4.47. The first kappa shape index (κ1) is 26.1. The van der Waals surface area contributed by atoms with Crippen molar-refractivity contribution in [1.82, 2.24) is 10.4 Å². The SMILES string of the molecule is CCCN(OCc1ccc(N)cc1)C(=O)C1=Cc2ccc(C(=O)Nc3ccc4c(c3)CNC4)cc2N=C(N)C1. The number of carbonyl (C=O) groups is 2. The van der Waals surface area contributed by atoms with Gasteiger partial charge in [0.05, 0.1) is 5.69 Å². The van der Waals surface area contributed by atoms with Crippen LogP contribution >= 0.6 is 0 Å². The maximum absolute atomic E-state index is 13.5. The number of amidine groups is 1. The maximum atomic E-state index is 13.5. The van der Waals surface area contributed by atoms with Crippen molar-refractivity contribution in [2.45, 2.75) is 39.5 Å². The van der Waals surface area contributed by atoms with Crippen molar-refractivity contribution in [3.05, 3.63) is 94.1 Å². The number of anilines is 2. The number of hydrogen-bond donors (Lipinski definition) is 4. The van der Waals surface area contributed by atoms with Gasteiger partial charge < -0.3 is 22.1 Å². The van der Waals surface area contributed by atoms with Gasteiger partial charge in [-0.15, -0.1) is 0 Å². The summed E-state index contributed by atoms with van der Waals surface area (Å²) >= 11 is 0. The number of nitrogens with zero attached hydrogens (tertiary/aromatic N) is 2. The lowest BCUT2D eigenvalue weighted by Crippen LogP contribution is -2.34. The summed E-state index contributed by atoms with van der Waals surface area (Å²) < 4.78 is 0. The van der Waals surface area contributed by atoms with E-state index in [4.69, 9.17) is 16.3 Å². The smallest absolute Gasteiger partial charge is 0.273 e. The maximum Gasteiger partial charge on any atom is 0.273 e. The highest BCUT2D eigenvalue weighted by molar-refractivity contribution is 6.07. The Bertz CT molecular complexity index is 1460. The average molecular weight is 525 g/mol. The molecule has 39 heavy (non-hydrogen) atoms. The summed E-state index contributed by atoms with van der Waals surface area (Å²) in [6, 6.07) is 18.4. The van der Waals surface area contributed by atoms with Crippen LogP contribution in [0.4, 0.5) is 17.1 Å². The molecule has 0 atom stereocenters. The first-order chi connectivity index (χ1) is 18.9. The van der Waals surface area contributed by atoms with Gasteiger partial charge in [-0.05, 0) is 65.6 Å². The van der Waals surface area contributed by atoms with Crippen molar-refractivity contribution < 1.29 is 14.4 Å². The number of nitrogens with one attached hydrogen (secondary N) is 2. The van der Waals surface area contributed by atoms with E-state index in [0.717, 1.165) is 30.8 Å². The van der Waals surface area contributed by atoms with Crippen LogP contribution in [-0.2, 0) is 29.3 Å². The van der Waals surface area contributed by atoms with Crippen molar-refractivity contribution in [2.75, 3.05) is 17.6 Å². The van der Waals surface area contributed by atoms with Crippen molar-refractivity contribution in [2.24, 2.45) is 10.7 Å². The van der Waals surface area contributed by atoms with Crippen LogP contribution < -0.4 is 22.1 Å². The Morgan fingerprint density at radius 1 is 1.03 bits per heavy atom. The summed E-state index contributed by atoms with van der Waals surface area (Å²) in [5.41, 5.74) is 18.9. The number of rotatable bonds is 8. The third-order valence-corrected chi connectivity index (χ3v) is 6.65. The lowest BCUT2D eigenvalue weighted by Gasteiger charge is -2.22. The largest absolute Gasteiger partial charge is 0.399 e. The number of aliphatic imine (C=N–C) groups is 1. The molecule has 5 rings (SSSR count). The van der Waals surface area contributed by atoms with Gasteiger partial charge in [-0.1, -0.05) is 31.2 Å². The summed E-state index contributed by atoms with van der Waals surface area (Å²) in [5, 5.41) is 7.63. The van der Waals surface area contributed by atoms with Crippen molar-refractivity contribution in [3.63, 3.8) is 0 Å². The zero-order chi connectivity index (χ0) is 27.4. The third-order valence-electron chi connectivity index (χ3n) is 6.65. The molecule has 200 valence electrons. The highest BCUT2D eigenvalue weighted by Gasteiger charge is 2.23. The average Bonchev–Trinajstić information content (AvgIpc) is 3.32. The van der Waals surface area contributed by atoms with E-state index in [2.05, 4.69) is 15.6 Å². The van der Waals surface area contributed by atoms with E-state index in [1.54, 1.807) is 36.4 Å². The lowest BCUT2D eigenvalue weighted by atomic mass is 10.0. The minimum atomic E-state index is -0.272. The van der Waals surface area contributed by atoms with E-state index in [0.29, 0.717) is 34.6 Å². The molecule has 0 bridgehead atoms. The summed E-state index contributed by atoms with van der Waals surface area (Å²) in [5.74, 6) is -0.231. The van der Waals surface area contributed by atoms with Crippen LogP contribution in [0.25, 0.3) is 6.08 Å². The predicted octanol–water partition coefficient (Wildman–Crippen LogP) is 4.27. The standard InChI is InChI=1S/C30H32N6O3/c1-2-11-36(39-18-19-3-8-25(31)9-4-19)30(38)23-12-20-5-6-21(14-27(20)35-28(32)15-23)29(37)34-26-10-7-22-16-33-17-24(22)13-26/h3-10,12-14,33H,2,11,15-18,31H2,1H3,(H2,32,35)(H,34,37). The molecular formula is C30H32N6O3. The van der Waals surface area contributed by atoms with Crippen LogP contribution in [0.1, 0.15) is 52.4 Å². The van der Waals surface area contributed by atoms with Gasteiger partial charge in [-0.25, -0.2) is 10.1 Å². The predicted molar refractivity (Wildman–Crippen MR) is 153 cm³/mol. The molecule has 0 aliphatic carbocycles. The van der Waals surface area contributed by atoms with Crippen LogP contribution in [0.15, 0.2) is 71.2 Å². The second-order valence-corrected chi connectivity index (χ2v) is 9.69. The lowest BCUT2D eigenvalue weighted by molar-refractivity contribution is -0.187. The highest BCUT2D eigenvalue weighted by Crippen LogP contribution is 2.29. The third kappa shape index (κ3) is 6.17. The molecule has 0 saturated heterocycles. The van der Waals surface area contributed by atoms with Gasteiger partial charge in [0.25, 0.3) is 11.8 Å². The van der Waals surface area contributed by atoms with Crippen LogP contribution in [0.3, 0.4) is 0 Å². The zero-order valence-electron chi connectivity index (χ0n) is 21.9. The summed E-state index contributed by atoms with van der Waals surface area (Å²) in [6.07, 6.45) is 2.66. The first-order valence-corrected chi connectivity index (χ1v) is 13.0. The van der Waals surface area contributed by atoms with E-state index in [1.165, 1.54) is 16.2 Å². The van der Waals surface area contributed by atoms with Gasteiger partial charge in [0.1, 0.15) is 12.4 Å². The molecule has 3 aromatic carbocycles. The fraction of sp³-hybridized carbons (Fsp3) is 0.233. The second-order valence-electron chi connectivity index (χ2n) is 9.69. The summed E-state index contributed by atoms with van der Waals surface area (Å²) in [6.45, 7) is 4.27. The molecular weight excluding hydrogens is 492 g/mol. The normalized spacial score (nSPS) is 14.0. The highest BCUT2D eigenvalue weighted by atomic mass is 16.7. The number of amides is 2. The molecule has 2 heterocycles. The quantitative estimate of drug-likeness (QED) is 0.257. The van der Waals surface area contributed by atoms with E-state index < -0.39 is 0 Å². The molecule has 0 aromatic heterocycles. The van der Waals surface area contributed by atoms with Crippen molar-refractivity contribution in [3.8, 4) is 0 Å². The molecule has 0 spiro atoms. The molecule has 3 aromatic rings. The topological polar surface area (TPSA) is 135 Å². The minimum Gasteiger partial charge on any atom is -0.399 e. The summed E-state index contributed by atoms with van der Waals surface area (Å²) in [4.78, 5) is 36.9. The van der Waals surface area contributed by atoms with Crippen LogP contribution in [0, 0.1) is 0 Å². The fourth-order valence-electron chi connectivity index (χ4n) is 4.60. The van der Waals surface area contributed by atoms with E-state index >= 15 is 0 Å². The minimum absolute atomic E-state index is 0.170. The van der Waals surface area contributed by atoms with Crippen LogP contribution in [0.5, 0.6) is 0 Å². The molecule has 6 N–H and O–H groups in total. The number of hydrogen-bond acceptors (Lipinski definition) is 7. The monoisotopic (exact) mass is 524 g/mol. The number of fused-ring (bicyclic) bond motifs is 2. The first-order valence-electron chi connectivity index (χ1n) is 13.0. The van der Waals surface area contributed by atoms with Gasteiger partial charge >= 0.3 is 0 Å². The Kier molecular flexibility index (Phi) is 7.72. The Labute approximate surface area is 227 Å². The molecule has 0 fully saturated rings. The number of benzene rings is 3.